The fraction of sp³-hybridized carbons (Fsp3) is 0.650. The monoisotopic (exact) mass is 383 g/mol. The molecule has 2 unspecified atom stereocenters. The zero-order chi connectivity index (χ0) is 19.5. The van der Waals surface area contributed by atoms with Crippen molar-refractivity contribution in [3.63, 3.8) is 0 Å². The third kappa shape index (κ3) is 4.75. The smallest absolute Gasteiger partial charge is 0.381 e. The average molecular weight is 383 g/mol. The summed E-state index contributed by atoms with van der Waals surface area (Å²) in [7, 11) is 1.77. The predicted molar refractivity (Wildman–Crippen MR) is 99.9 cm³/mol. The average Bonchev–Trinajstić information content (AvgIpc) is 3.28. The third-order valence-electron chi connectivity index (χ3n) is 5.78. The Kier molecular flexibility index (Phi) is 5.99. The Bertz CT molecular complexity index is 669. The summed E-state index contributed by atoms with van der Waals surface area (Å²) in [5, 5.41) is 3.38. The number of likely N-dealkylation sites (tertiary alicyclic amines) is 1. The SMILES string of the molecule is CN=C(NCCC(C)c1cccc(C(F)(F)F)c1)N1CCC2(CCOC2)C1. The first-order valence-electron chi connectivity index (χ1n) is 9.53. The number of rotatable bonds is 4. The predicted octanol–water partition coefficient (Wildman–Crippen LogP) is 3.89. The highest BCUT2D eigenvalue weighted by atomic mass is 19.4. The zero-order valence-corrected chi connectivity index (χ0v) is 16.0. The lowest BCUT2D eigenvalue weighted by Crippen LogP contribution is -2.42. The van der Waals surface area contributed by atoms with E-state index in [2.05, 4.69) is 15.2 Å². The van der Waals surface area contributed by atoms with Crippen LogP contribution in [0.2, 0.25) is 0 Å². The van der Waals surface area contributed by atoms with Gasteiger partial charge in [-0.2, -0.15) is 13.2 Å². The summed E-state index contributed by atoms with van der Waals surface area (Å²) in [6, 6.07) is 5.61. The van der Waals surface area contributed by atoms with Gasteiger partial charge in [-0.3, -0.25) is 4.99 Å². The number of nitrogens with one attached hydrogen (secondary N) is 1. The number of aliphatic imine (C=N–C) groups is 1. The van der Waals surface area contributed by atoms with Gasteiger partial charge in [-0.1, -0.05) is 25.1 Å². The maximum absolute atomic E-state index is 12.9. The normalized spacial score (nSPS) is 24.6. The number of nitrogens with zero attached hydrogens (tertiary/aromatic N) is 2. The molecular weight excluding hydrogens is 355 g/mol. The van der Waals surface area contributed by atoms with E-state index in [0.717, 1.165) is 57.6 Å². The summed E-state index contributed by atoms with van der Waals surface area (Å²) in [6.45, 7) is 6.22. The molecule has 27 heavy (non-hydrogen) atoms. The van der Waals surface area contributed by atoms with E-state index >= 15 is 0 Å². The number of benzene rings is 1. The van der Waals surface area contributed by atoms with E-state index in [0.29, 0.717) is 12.1 Å². The number of alkyl halides is 3. The van der Waals surface area contributed by atoms with E-state index in [4.69, 9.17) is 4.74 Å². The van der Waals surface area contributed by atoms with Gasteiger partial charge in [0.25, 0.3) is 0 Å². The van der Waals surface area contributed by atoms with E-state index in [1.807, 2.05) is 6.92 Å². The van der Waals surface area contributed by atoms with E-state index in [1.54, 1.807) is 13.1 Å². The molecule has 1 N–H and O–H groups in total. The first-order valence-corrected chi connectivity index (χ1v) is 9.53. The molecule has 7 heteroatoms. The number of hydrogen-bond acceptors (Lipinski definition) is 2. The molecular formula is C20H28F3N3O. The van der Waals surface area contributed by atoms with Gasteiger partial charge in [0.15, 0.2) is 5.96 Å². The molecule has 1 aromatic rings. The highest BCUT2D eigenvalue weighted by Gasteiger charge is 2.42. The number of ether oxygens (including phenoxy) is 1. The Hall–Kier alpha value is -1.76. The van der Waals surface area contributed by atoms with E-state index < -0.39 is 11.7 Å². The van der Waals surface area contributed by atoms with Crippen LogP contribution in [-0.2, 0) is 10.9 Å². The van der Waals surface area contributed by atoms with Gasteiger partial charge < -0.3 is 15.0 Å². The maximum Gasteiger partial charge on any atom is 0.416 e. The molecule has 0 radical (unpaired) electrons. The van der Waals surface area contributed by atoms with Gasteiger partial charge in [-0.15, -0.1) is 0 Å². The van der Waals surface area contributed by atoms with Crippen LogP contribution in [0.5, 0.6) is 0 Å². The number of halogens is 3. The zero-order valence-electron chi connectivity index (χ0n) is 16.0. The van der Waals surface area contributed by atoms with Crippen molar-refractivity contribution < 1.29 is 17.9 Å². The lowest BCUT2D eigenvalue weighted by molar-refractivity contribution is -0.137. The van der Waals surface area contributed by atoms with Crippen LogP contribution < -0.4 is 5.32 Å². The largest absolute Gasteiger partial charge is 0.416 e. The minimum Gasteiger partial charge on any atom is -0.381 e. The maximum atomic E-state index is 12.9. The van der Waals surface area contributed by atoms with Gasteiger partial charge in [0.05, 0.1) is 12.2 Å². The van der Waals surface area contributed by atoms with Crippen molar-refractivity contribution in [2.75, 3.05) is 39.9 Å². The Morgan fingerprint density at radius 2 is 2.19 bits per heavy atom. The molecule has 3 rings (SSSR count). The summed E-state index contributed by atoms with van der Waals surface area (Å²) in [5.74, 6) is 0.904. The number of hydrogen-bond donors (Lipinski definition) is 1. The second-order valence-corrected chi connectivity index (χ2v) is 7.76. The standard InChI is InChI=1S/C20H28F3N3O/c1-15(16-4-3-5-17(12-16)20(21,22)23)6-9-25-18(24-2)26-10-7-19(13-26)8-11-27-14-19/h3-5,12,15H,6-11,13-14H2,1-2H3,(H,24,25). The van der Waals surface area contributed by atoms with E-state index in [1.165, 1.54) is 12.1 Å². The van der Waals surface area contributed by atoms with Crippen molar-refractivity contribution in [3.05, 3.63) is 35.4 Å². The molecule has 0 saturated carbocycles. The lowest BCUT2D eigenvalue weighted by Gasteiger charge is -2.25. The van der Waals surface area contributed by atoms with Gasteiger partial charge >= 0.3 is 6.18 Å². The summed E-state index contributed by atoms with van der Waals surface area (Å²) in [4.78, 5) is 6.65. The molecule has 2 atom stereocenters. The van der Waals surface area contributed by atoms with Gasteiger partial charge in [-0.25, -0.2) is 0 Å². The van der Waals surface area contributed by atoms with Crippen molar-refractivity contribution in [1.82, 2.24) is 10.2 Å². The van der Waals surface area contributed by atoms with Gasteiger partial charge in [-0.05, 0) is 36.8 Å². The highest BCUT2D eigenvalue weighted by Crippen LogP contribution is 2.38. The van der Waals surface area contributed by atoms with E-state index in [9.17, 15) is 13.2 Å². The molecule has 4 nitrogen and oxygen atoms in total. The van der Waals surface area contributed by atoms with Crippen LogP contribution in [-0.4, -0.2) is 50.8 Å². The minimum atomic E-state index is -4.30. The van der Waals surface area contributed by atoms with Crippen molar-refractivity contribution >= 4 is 5.96 Å². The second kappa shape index (κ2) is 8.09. The van der Waals surface area contributed by atoms with Crippen molar-refractivity contribution in [2.45, 2.75) is 38.3 Å². The fourth-order valence-corrected chi connectivity index (χ4v) is 4.01. The fourth-order valence-electron chi connectivity index (χ4n) is 4.01. The first-order chi connectivity index (χ1) is 12.8. The van der Waals surface area contributed by atoms with Crippen LogP contribution in [0.3, 0.4) is 0 Å². The molecule has 1 spiro atoms. The number of guanidine groups is 1. The Morgan fingerprint density at radius 1 is 1.37 bits per heavy atom. The van der Waals surface area contributed by atoms with Gasteiger partial charge in [0, 0.05) is 38.7 Å². The van der Waals surface area contributed by atoms with Crippen LogP contribution >= 0.6 is 0 Å². The van der Waals surface area contributed by atoms with Crippen LogP contribution in [0.25, 0.3) is 0 Å². The summed E-state index contributed by atoms with van der Waals surface area (Å²) < 4.78 is 44.2. The van der Waals surface area contributed by atoms with Crippen LogP contribution in [0, 0.1) is 5.41 Å². The molecule has 0 bridgehead atoms. The highest BCUT2D eigenvalue weighted by molar-refractivity contribution is 5.80. The Labute approximate surface area is 158 Å². The molecule has 150 valence electrons. The molecule has 2 heterocycles. The van der Waals surface area contributed by atoms with Gasteiger partial charge in [0.2, 0.25) is 0 Å². The molecule has 0 amide bonds. The van der Waals surface area contributed by atoms with Crippen LogP contribution in [0.1, 0.15) is 43.2 Å². The van der Waals surface area contributed by atoms with Crippen LogP contribution in [0.4, 0.5) is 13.2 Å². The first kappa shape index (κ1) is 20.0. The van der Waals surface area contributed by atoms with E-state index in [-0.39, 0.29) is 11.3 Å². The second-order valence-electron chi connectivity index (χ2n) is 7.76. The molecule has 2 aliphatic rings. The Morgan fingerprint density at radius 3 is 2.85 bits per heavy atom. The quantitative estimate of drug-likeness (QED) is 0.633. The molecule has 0 aliphatic carbocycles. The summed E-state index contributed by atoms with van der Waals surface area (Å²) in [6.07, 6.45) is -1.34. The lowest BCUT2D eigenvalue weighted by atomic mass is 9.87. The molecule has 0 aromatic heterocycles. The summed E-state index contributed by atoms with van der Waals surface area (Å²) >= 11 is 0. The van der Waals surface area contributed by atoms with Gasteiger partial charge in [0.1, 0.15) is 0 Å². The molecule has 1 aromatic carbocycles. The van der Waals surface area contributed by atoms with Crippen LogP contribution in [0.15, 0.2) is 29.3 Å². The molecule has 2 fully saturated rings. The van der Waals surface area contributed by atoms with Crippen molar-refractivity contribution in [2.24, 2.45) is 10.4 Å². The van der Waals surface area contributed by atoms with Crippen molar-refractivity contribution in [1.29, 1.82) is 0 Å². The topological polar surface area (TPSA) is 36.9 Å². The third-order valence-corrected chi connectivity index (χ3v) is 5.78. The molecule has 2 saturated heterocycles. The Balaban J connectivity index is 1.51. The molecule has 2 aliphatic heterocycles. The minimum absolute atomic E-state index is 0.0334. The summed E-state index contributed by atoms with van der Waals surface area (Å²) in [5.41, 5.74) is 0.393. The van der Waals surface area contributed by atoms with Crippen molar-refractivity contribution in [3.8, 4) is 0 Å².